The lowest BCUT2D eigenvalue weighted by Crippen LogP contribution is -2.39. The van der Waals surface area contributed by atoms with E-state index in [4.69, 9.17) is 0 Å². The van der Waals surface area contributed by atoms with Crippen molar-refractivity contribution in [1.82, 2.24) is 28.9 Å². The number of rotatable bonds is 3. The number of sulfonamides is 1. The highest BCUT2D eigenvalue weighted by atomic mass is 32.2. The summed E-state index contributed by atoms with van der Waals surface area (Å²) in [7, 11) is -1.93. The Bertz CT molecular complexity index is 761. The van der Waals surface area contributed by atoms with Crippen molar-refractivity contribution in [3.63, 3.8) is 0 Å². The van der Waals surface area contributed by atoms with Gasteiger partial charge in [0.25, 0.3) is 10.0 Å². The van der Waals surface area contributed by atoms with Crippen molar-refractivity contribution < 1.29 is 8.42 Å². The normalized spacial score (nSPS) is 16.4. The van der Waals surface area contributed by atoms with Crippen LogP contribution < -0.4 is 0 Å². The van der Waals surface area contributed by atoms with E-state index in [1.165, 1.54) is 21.3 Å². The first-order valence-electron chi connectivity index (χ1n) is 6.81. The van der Waals surface area contributed by atoms with E-state index in [9.17, 15) is 8.42 Å². The molecule has 2 aromatic rings. The third-order valence-electron chi connectivity index (χ3n) is 3.64. The fourth-order valence-electron chi connectivity index (χ4n) is 2.54. The molecule has 0 saturated heterocycles. The number of aryl methyl sites for hydroxylation is 1. The Kier molecular flexibility index (Phi) is 3.33. The largest absolute Gasteiger partial charge is 0.312 e. The molecule has 0 aliphatic carbocycles. The summed E-state index contributed by atoms with van der Waals surface area (Å²) in [5.41, 5.74) is 0. The van der Waals surface area contributed by atoms with Crippen LogP contribution in [0, 0.1) is 0 Å². The molecule has 0 unspecified atom stereocenters. The van der Waals surface area contributed by atoms with Crippen LogP contribution >= 0.6 is 0 Å². The van der Waals surface area contributed by atoms with Crippen LogP contribution in [0.4, 0.5) is 0 Å². The van der Waals surface area contributed by atoms with Gasteiger partial charge in [0.1, 0.15) is 11.6 Å². The number of aromatic nitrogens is 5. The van der Waals surface area contributed by atoms with Crippen LogP contribution in [0.25, 0.3) is 0 Å². The van der Waals surface area contributed by atoms with Gasteiger partial charge in [0.05, 0.1) is 12.7 Å². The summed E-state index contributed by atoms with van der Waals surface area (Å²) in [6.07, 6.45) is 1.48. The van der Waals surface area contributed by atoms with Crippen molar-refractivity contribution in [2.75, 3.05) is 6.54 Å². The molecule has 1 aliphatic heterocycles. The highest BCUT2D eigenvalue weighted by Crippen LogP contribution is 2.23. The van der Waals surface area contributed by atoms with E-state index in [2.05, 4.69) is 29.1 Å². The van der Waals surface area contributed by atoms with Crippen LogP contribution in [-0.2, 0) is 30.2 Å². The second-order valence-corrected chi connectivity index (χ2v) is 7.30. The van der Waals surface area contributed by atoms with Crippen LogP contribution in [0.1, 0.15) is 31.4 Å². The number of hydrogen-bond donors (Lipinski definition) is 0. The zero-order valence-electron chi connectivity index (χ0n) is 12.3. The quantitative estimate of drug-likeness (QED) is 0.816. The Labute approximate surface area is 123 Å². The SMILES string of the molecule is CC(C)c1nnc2n1CCN(S(=O)(=O)c1ccnn1C)C2. The molecule has 0 radical (unpaired) electrons. The summed E-state index contributed by atoms with van der Waals surface area (Å²) < 4.78 is 30.1. The van der Waals surface area contributed by atoms with E-state index in [0.717, 1.165) is 5.82 Å². The fourth-order valence-corrected chi connectivity index (χ4v) is 4.02. The molecule has 0 amide bonds. The van der Waals surface area contributed by atoms with Gasteiger partial charge in [0, 0.05) is 26.1 Å². The first kappa shape index (κ1) is 14.2. The van der Waals surface area contributed by atoms with Crippen molar-refractivity contribution in [3.05, 3.63) is 23.9 Å². The molecule has 3 heterocycles. The van der Waals surface area contributed by atoms with Gasteiger partial charge in [0.15, 0.2) is 5.03 Å². The molecule has 0 fully saturated rings. The molecule has 0 atom stereocenters. The van der Waals surface area contributed by atoms with Crippen LogP contribution in [0.15, 0.2) is 17.3 Å². The van der Waals surface area contributed by atoms with Gasteiger partial charge in [0.2, 0.25) is 0 Å². The van der Waals surface area contributed by atoms with Crippen molar-refractivity contribution in [2.45, 2.75) is 37.9 Å². The molecule has 21 heavy (non-hydrogen) atoms. The lowest BCUT2D eigenvalue weighted by Gasteiger charge is -2.27. The fraction of sp³-hybridized carbons (Fsp3) is 0.583. The lowest BCUT2D eigenvalue weighted by atomic mass is 10.2. The predicted molar refractivity (Wildman–Crippen MR) is 74.9 cm³/mol. The molecule has 8 nitrogen and oxygen atoms in total. The highest BCUT2D eigenvalue weighted by Gasteiger charge is 2.32. The van der Waals surface area contributed by atoms with Crippen molar-refractivity contribution >= 4 is 10.0 Å². The number of hydrogen-bond acceptors (Lipinski definition) is 5. The minimum absolute atomic E-state index is 0.194. The minimum atomic E-state index is -3.55. The average Bonchev–Trinajstić information content (AvgIpc) is 3.03. The van der Waals surface area contributed by atoms with Crippen molar-refractivity contribution in [3.8, 4) is 0 Å². The maximum atomic E-state index is 12.6. The summed E-state index contributed by atoms with van der Waals surface area (Å²) in [5, 5.41) is 12.4. The highest BCUT2D eigenvalue weighted by molar-refractivity contribution is 7.89. The second kappa shape index (κ2) is 4.92. The Morgan fingerprint density at radius 1 is 1.24 bits per heavy atom. The molecule has 0 saturated carbocycles. The molecule has 2 aromatic heterocycles. The van der Waals surface area contributed by atoms with Crippen LogP contribution in [0.2, 0.25) is 0 Å². The second-order valence-electron chi connectivity index (χ2n) is 5.41. The van der Waals surface area contributed by atoms with Crippen LogP contribution in [-0.4, -0.2) is 43.8 Å². The van der Waals surface area contributed by atoms with Gasteiger partial charge in [-0.25, -0.2) is 8.42 Å². The maximum Gasteiger partial charge on any atom is 0.260 e. The minimum Gasteiger partial charge on any atom is -0.312 e. The predicted octanol–water partition coefficient (Wildman–Crippen LogP) is 0.339. The number of fused-ring (bicyclic) bond motifs is 1. The van der Waals surface area contributed by atoms with E-state index < -0.39 is 10.0 Å². The van der Waals surface area contributed by atoms with Gasteiger partial charge in [-0.15, -0.1) is 10.2 Å². The van der Waals surface area contributed by atoms with E-state index >= 15 is 0 Å². The standard InChI is InChI=1S/C12H18N6O2S/c1-9(2)12-15-14-10-8-17(6-7-18(10)12)21(19,20)11-4-5-13-16(11)3/h4-5,9H,6-8H2,1-3H3. The summed E-state index contributed by atoms with van der Waals surface area (Å²) in [6, 6.07) is 1.51. The first-order valence-corrected chi connectivity index (χ1v) is 8.25. The van der Waals surface area contributed by atoms with Crippen molar-refractivity contribution in [2.24, 2.45) is 7.05 Å². The summed E-state index contributed by atoms with van der Waals surface area (Å²) in [4.78, 5) is 0. The molecular weight excluding hydrogens is 292 g/mol. The summed E-state index contributed by atoms with van der Waals surface area (Å²) in [6.45, 7) is 5.34. The molecule has 0 bridgehead atoms. The van der Waals surface area contributed by atoms with Gasteiger partial charge in [-0.3, -0.25) is 4.68 Å². The molecule has 0 spiro atoms. The van der Waals surface area contributed by atoms with E-state index in [-0.39, 0.29) is 17.5 Å². The zero-order chi connectivity index (χ0) is 15.2. The average molecular weight is 310 g/mol. The van der Waals surface area contributed by atoms with Gasteiger partial charge >= 0.3 is 0 Å². The van der Waals surface area contributed by atoms with E-state index in [1.807, 2.05) is 4.57 Å². The Hall–Kier alpha value is -1.74. The van der Waals surface area contributed by atoms with Gasteiger partial charge in [-0.2, -0.15) is 9.40 Å². The number of nitrogens with zero attached hydrogens (tertiary/aromatic N) is 6. The zero-order valence-corrected chi connectivity index (χ0v) is 13.1. The molecule has 0 N–H and O–H groups in total. The maximum absolute atomic E-state index is 12.6. The van der Waals surface area contributed by atoms with Crippen LogP contribution in [0.5, 0.6) is 0 Å². The lowest BCUT2D eigenvalue weighted by molar-refractivity contribution is 0.328. The smallest absolute Gasteiger partial charge is 0.260 e. The first-order chi connectivity index (χ1) is 9.91. The molecule has 114 valence electrons. The van der Waals surface area contributed by atoms with Gasteiger partial charge in [-0.1, -0.05) is 13.8 Å². The molecule has 9 heteroatoms. The van der Waals surface area contributed by atoms with Gasteiger partial charge in [-0.05, 0) is 6.07 Å². The molecular formula is C12H18N6O2S. The Morgan fingerprint density at radius 3 is 2.62 bits per heavy atom. The van der Waals surface area contributed by atoms with E-state index in [0.29, 0.717) is 18.9 Å². The summed E-state index contributed by atoms with van der Waals surface area (Å²) >= 11 is 0. The van der Waals surface area contributed by atoms with Crippen LogP contribution in [0.3, 0.4) is 0 Å². The molecule has 0 aromatic carbocycles. The topological polar surface area (TPSA) is 85.9 Å². The van der Waals surface area contributed by atoms with Crippen molar-refractivity contribution in [1.29, 1.82) is 0 Å². The molecule has 3 rings (SSSR count). The Morgan fingerprint density at radius 2 is 2.00 bits per heavy atom. The Balaban J connectivity index is 1.92. The molecule has 1 aliphatic rings. The summed E-state index contributed by atoms with van der Waals surface area (Å²) in [5.74, 6) is 1.87. The third-order valence-corrected chi connectivity index (χ3v) is 5.56. The monoisotopic (exact) mass is 310 g/mol. The van der Waals surface area contributed by atoms with E-state index in [1.54, 1.807) is 7.05 Å². The third kappa shape index (κ3) is 2.26. The van der Waals surface area contributed by atoms with Gasteiger partial charge < -0.3 is 4.57 Å².